The molecule has 1 rings (SSSR count). The predicted octanol–water partition coefficient (Wildman–Crippen LogP) is 0.416. The van der Waals surface area contributed by atoms with Crippen LogP contribution in [0.25, 0.3) is 0 Å². The molecule has 0 spiro atoms. The first-order valence-corrected chi connectivity index (χ1v) is 18.4. The lowest BCUT2D eigenvalue weighted by atomic mass is 10.3. The van der Waals surface area contributed by atoms with Crippen LogP contribution in [0.15, 0.2) is 30.3 Å². The van der Waals surface area contributed by atoms with E-state index in [9.17, 15) is 8.42 Å². The van der Waals surface area contributed by atoms with E-state index >= 15 is 0 Å². The Balaban J connectivity index is 1.62. The highest BCUT2D eigenvalue weighted by atomic mass is 32.3. The Morgan fingerprint density at radius 2 is 0.588 bits per heavy atom. The number of benzene rings is 1. The largest absolute Gasteiger partial charge is 0.491 e. The van der Waals surface area contributed by atoms with Gasteiger partial charge in [-0.15, -0.1) is 0 Å². The SMILES string of the molecule is NOS(=O)(=O)OCCOCCOCCOCCOCCOCCOCCOCCOCCOCCOCCOCCOCCOc1ccccc1. The molecule has 18 nitrogen and oxygen atoms in total. The molecule has 0 aliphatic heterocycles. The molecule has 0 aromatic heterocycles. The van der Waals surface area contributed by atoms with Crippen molar-refractivity contribution in [2.45, 2.75) is 0 Å². The Hall–Kier alpha value is -1.63. The van der Waals surface area contributed by atoms with E-state index < -0.39 is 10.4 Å². The van der Waals surface area contributed by atoms with E-state index in [1.807, 2.05) is 30.3 Å². The molecule has 0 bridgehead atoms. The molecule has 0 unspecified atom stereocenters. The molecule has 1 aromatic carbocycles. The number of hydrogen-bond acceptors (Lipinski definition) is 18. The molecule has 300 valence electrons. The molecule has 0 heterocycles. The van der Waals surface area contributed by atoms with Crippen molar-refractivity contribution in [3.63, 3.8) is 0 Å². The number of nitrogens with two attached hydrogens (primary N) is 1. The van der Waals surface area contributed by atoms with Crippen LogP contribution in [0.1, 0.15) is 0 Å². The second kappa shape index (κ2) is 38.1. The highest BCUT2D eigenvalue weighted by molar-refractivity contribution is 7.81. The van der Waals surface area contributed by atoms with E-state index in [2.05, 4.69) is 14.4 Å². The molecule has 0 radical (unpaired) electrons. The minimum Gasteiger partial charge on any atom is -0.491 e. The molecule has 51 heavy (non-hydrogen) atoms. The summed E-state index contributed by atoms with van der Waals surface area (Å²) < 4.78 is 100. The summed E-state index contributed by atoms with van der Waals surface area (Å²) in [6.07, 6.45) is 0. The normalized spacial score (nSPS) is 11.8. The number of rotatable bonds is 42. The summed E-state index contributed by atoms with van der Waals surface area (Å²) in [6.45, 7) is 11.0. The quantitative estimate of drug-likeness (QED) is 0.0710. The third kappa shape index (κ3) is 36.5. The summed E-state index contributed by atoms with van der Waals surface area (Å²) in [4.78, 5) is 0. The van der Waals surface area contributed by atoms with Crippen LogP contribution in [0.5, 0.6) is 5.75 Å². The molecule has 2 N–H and O–H groups in total. The molecule has 0 aliphatic carbocycles. The highest BCUT2D eigenvalue weighted by Crippen LogP contribution is 2.07. The zero-order valence-electron chi connectivity index (χ0n) is 29.7. The molecule has 1 aromatic rings. The lowest BCUT2D eigenvalue weighted by Crippen LogP contribution is -2.18. The molecule has 0 atom stereocenters. The van der Waals surface area contributed by atoms with Gasteiger partial charge in [0.2, 0.25) is 0 Å². The van der Waals surface area contributed by atoms with Gasteiger partial charge in [0.25, 0.3) is 0 Å². The van der Waals surface area contributed by atoms with Crippen molar-refractivity contribution in [2.75, 3.05) is 172 Å². The van der Waals surface area contributed by atoms with E-state index in [0.717, 1.165) is 5.75 Å². The van der Waals surface area contributed by atoms with E-state index in [0.29, 0.717) is 152 Å². The van der Waals surface area contributed by atoms with Crippen LogP contribution in [0.2, 0.25) is 0 Å². The summed E-state index contributed by atoms with van der Waals surface area (Å²) in [7, 11) is -4.14. The maximum atomic E-state index is 10.8. The smallest absolute Gasteiger partial charge is 0.415 e. The van der Waals surface area contributed by atoms with Crippen LogP contribution >= 0.6 is 0 Å². The van der Waals surface area contributed by atoms with Crippen LogP contribution in [0.3, 0.4) is 0 Å². The van der Waals surface area contributed by atoms with Gasteiger partial charge in [-0.25, -0.2) is 4.18 Å². The van der Waals surface area contributed by atoms with Crippen molar-refractivity contribution in [1.29, 1.82) is 0 Å². The fourth-order valence-electron chi connectivity index (χ4n) is 3.48. The van der Waals surface area contributed by atoms with Crippen molar-refractivity contribution >= 4 is 10.4 Å². The average molecular weight is 762 g/mol. The lowest BCUT2D eigenvalue weighted by Gasteiger charge is -2.09. The monoisotopic (exact) mass is 761 g/mol. The van der Waals surface area contributed by atoms with Gasteiger partial charge in [0.1, 0.15) is 12.4 Å². The zero-order valence-corrected chi connectivity index (χ0v) is 30.5. The standard InChI is InChI=1S/C32H59NO17S/c33-50-51(34,35)49-31-29-47-27-25-45-23-21-43-19-17-41-15-13-39-11-9-37-7-6-36-8-10-38-12-14-40-16-18-42-20-22-44-24-26-46-28-30-48-32-4-2-1-3-5-32/h1-5H,6-31,33H2. The van der Waals surface area contributed by atoms with Gasteiger partial charge in [0.15, 0.2) is 0 Å². The lowest BCUT2D eigenvalue weighted by molar-refractivity contribution is -0.0287. The van der Waals surface area contributed by atoms with Gasteiger partial charge in [-0.3, -0.25) is 0 Å². The van der Waals surface area contributed by atoms with E-state index in [1.165, 1.54) is 0 Å². The molecule has 0 fully saturated rings. The first-order chi connectivity index (χ1) is 25.1. The number of para-hydroxylation sites is 1. The minimum absolute atomic E-state index is 0.0592. The maximum Gasteiger partial charge on any atom is 0.415 e. The molecule has 0 amide bonds. The Bertz CT molecular complexity index is 936. The van der Waals surface area contributed by atoms with Crippen LogP contribution < -0.4 is 10.6 Å². The third-order valence-corrected chi connectivity index (χ3v) is 6.60. The Morgan fingerprint density at radius 1 is 0.353 bits per heavy atom. The predicted molar refractivity (Wildman–Crippen MR) is 182 cm³/mol. The minimum atomic E-state index is -4.14. The molecule has 0 saturated carbocycles. The van der Waals surface area contributed by atoms with E-state index in [-0.39, 0.29) is 19.8 Å². The molecule has 19 heteroatoms. The van der Waals surface area contributed by atoms with Gasteiger partial charge in [-0.1, -0.05) is 18.2 Å². The van der Waals surface area contributed by atoms with Gasteiger partial charge < -0.3 is 61.6 Å². The van der Waals surface area contributed by atoms with Gasteiger partial charge in [0.05, 0.1) is 165 Å². The second-order valence-electron chi connectivity index (χ2n) is 9.84. The fourth-order valence-corrected chi connectivity index (χ4v) is 3.81. The van der Waals surface area contributed by atoms with E-state index in [4.69, 9.17) is 61.6 Å². The third-order valence-electron chi connectivity index (χ3n) is 5.90. The van der Waals surface area contributed by atoms with Crippen LogP contribution in [0, 0.1) is 0 Å². The first-order valence-electron chi connectivity index (χ1n) is 17.0. The van der Waals surface area contributed by atoms with Crippen molar-refractivity contribution in [3.8, 4) is 5.75 Å². The summed E-state index contributed by atoms with van der Waals surface area (Å²) in [5.74, 6) is 5.36. The Kier molecular flexibility index (Phi) is 35.4. The highest BCUT2D eigenvalue weighted by Gasteiger charge is 2.08. The van der Waals surface area contributed by atoms with Crippen LogP contribution in [0.4, 0.5) is 0 Å². The Morgan fingerprint density at radius 3 is 0.843 bits per heavy atom. The van der Waals surface area contributed by atoms with Crippen molar-refractivity contribution in [3.05, 3.63) is 30.3 Å². The van der Waals surface area contributed by atoms with Crippen molar-refractivity contribution < 1.29 is 78.5 Å². The number of ether oxygens (including phenoxy) is 13. The fraction of sp³-hybridized carbons (Fsp3) is 0.812. The first kappa shape index (κ1) is 47.4. The summed E-state index contributed by atoms with van der Waals surface area (Å²) >= 11 is 0. The maximum absolute atomic E-state index is 10.8. The van der Waals surface area contributed by atoms with E-state index in [1.54, 1.807) is 0 Å². The van der Waals surface area contributed by atoms with Gasteiger partial charge >= 0.3 is 10.4 Å². The molecular formula is C32H59NO17S. The zero-order chi connectivity index (χ0) is 36.6. The summed E-state index contributed by atoms with van der Waals surface area (Å²) in [5.41, 5.74) is 0. The van der Waals surface area contributed by atoms with Crippen LogP contribution in [-0.2, 0) is 75.7 Å². The Labute approximate surface area is 302 Å². The molecule has 0 saturated heterocycles. The van der Waals surface area contributed by atoms with Crippen molar-refractivity contribution in [2.24, 2.45) is 5.90 Å². The summed E-state index contributed by atoms with van der Waals surface area (Å²) in [6, 6.07) is 9.64. The van der Waals surface area contributed by atoms with Crippen LogP contribution in [-0.4, -0.2) is 180 Å². The number of hydrogen-bond donors (Lipinski definition) is 1. The van der Waals surface area contributed by atoms with Gasteiger partial charge in [-0.05, 0) is 12.1 Å². The van der Waals surface area contributed by atoms with Gasteiger partial charge in [0, 0.05) is 0 Å². The van der Waals surface area contributed by atoms with Crippen molar-refractivity contribution in [1.82, 2.24) is 0 Å². The second-order valence-corrected chi connectivity index (χ2v) is 11.1. The summed E-state index contributed by atoms with van der Waals surface area (Å²) in [5, 5.41) is 0. The van der Waals surface area contributed by atoms with Gasteiger partial charge in [-0.2, -0.15) is 18.6 Å². The average Bonchev–Trinajstić information content (AvgIpc) is 3.14. The molecule has 0 aliphatic rings. The topological polar surface area (TPSA) is 199 Å². The molecular weight excluding hydrogens is 702 g/mol.